The van der Waals surface area contributed by atoms with Gasteiger partial charge in [0.2, 0.25) is 0 Å². The summed E-state index contributed by atoms with van der Waals surface area (Å²) in [5.74, 6) is -1.85. The Morgan fingerprint density at radius 3 is 2.41 bits per heavy atom. The molecule has 0 unspecified atom stereocenters. The third kappa shape index (κ3) is 6.30. The van der Waals surface area contributed by atoms with Crippen molar-refractivity contribution in [2.45, 2.75) is 25.4 Å². The number of hydrogen-bond acceptors (Lipinski definition) is 5. The average molecular weight is 410 g/mol. The van der Waals surface area contributed by atoms with E-state index in [-0.39, 0.29) is 12.3 Å². The highest BCUT2D eigenvalue weighted by Crippen LogP contribution is 2.37. The first-order chi connectivity index (χ1) is 13.6. The molecule has 2 rings (SSSR count). The maximum Gasteiger partial charge on any atom is 0.418 e. The average Bonchev–Trinajstić information content (AvgIpc) is 2.66. The van der Waals surface area contributed by atoms with E-state index in [9.17, 15) is 32.9 Å². The van der Waals surface area contributed by atoms with Crippen LogP contribution >= 0.6 is 0 Å². The molecule has 0 heterocycles. The minimum atomic E-state index is -4.92. The Kier molecular flexibility index (Phi) is 6.92. The molecule has 1 N–H and O–H groups in total. The zero-order chi connectivity index (χ0) is 21.6. The number of nitrogens with one attached hydrogen (secondary N) is 1. The van der Waals surface area contributed by atoms with E-state index in [0.717, 1.165) is 17.7 Å². The molecule has 1 atom stereocenters. The van der Waals surface area contributed by atoms with Gasteiger partial charge in [-0.15, -0.1) is 0 Å². The fraction of sp³-hybridized carbons (Fsp3) is 0.263. The van der Waals surface area contributed by atoms with Crippen molar-refractivity contribution in [3.8, 4) is 0 Å². The van der Waals surface area contributed by atoms with Crippen molar-refractivity contribution in [3.05, 3.63) is 69.8 Å². The van der Waals surface area contributed by atoms with Crippen LogP contribution in [0, 0.1) is 10.1 Å². The Morgan fingerprint density at radius 1 is 1.17 bits per heavy atom. The number of non-ortho nitro benzene ring substituents is 1. The highest BCUT2D eigenvalue weighted by Gasteiger charge is 2.35. The number of halogens is 3. The number of benzene rings is 2. The number of nitro benzene ring substituents is 1. The normalized spacial score (nSPS) is 12.1. The summed E-state index contributed by atoms with van der Waals surface area (Å²) in [5, 5.41) is 12.6. The summed E-state index contributed by atoms with van der Waals surface area (Å²) < 4.78 is 44.1. The Hall–Kier alpha value is -3.43. The van der Waals surface area contributed by atoms with E-state index in [4.69, 9.17) is 4.74 Å². The van der Waals surface area contributed by atoms with Gasteiger partial charge in [0, 0.05) is 12.1 Å². The number of amides is 1. The number of rotatable bonds is 7. The first-order valence-electron chi connectivity index (χ1n) is 8.44. The van der Waals surface area contributed by atoms with Crippen molar-refractivity contribution in [1.29, 1.82) is 0 Å². The standard InChI is InChI=1S/C19H17F3N2O5/c1-12(13-5-3-2-4-6-13)9-18(26)29-11-17(25)23-16-8-7-14(24(27)28)10-15(16)19(20,21)22/h2-8,10,12H,9,11H2,1H3,(H,23,25)/t12-/m0/s1. The van der Waals surface area contributed by atoms with Crippen molar-refractivity contribution in [2.75, 3.05) is 11.9 Å². The molecule has 0 fully saturated rings. The first kappa shape index (κ1) is 21.9. The van der Waals surface area contributed by atoms with E-state index in [1.54, 1.807) is 6.92 Å². The van der Waals surface area contributed by atoms with Gasteiger partial charge in [-0.2, -0.15) is 13.2 Å². The predicted octanol–water partition coefficient (Wildman–Crippen LogP) is 4.29. The first-order valence-corrected chi connectivity index (χ1v) is 8.44. The van der Waals surface area contributed by atoms with Gasteiger partial charge >= 0.3 is 12.1 Å². The molecule has 2 aromatic rings. The Labute approximate surface area is 163 Å². The number of carbonyl (C=O) groups excluding carboxylic acids is 2. The van der Waals surface area contributed by atoms with Crippen LogP contribution in [0.1, 0.15) is 30.4 Å². The zero-order valence-corrected chi connectivity index (χ0v) is 15.2. The number of hydrogen-bond donors (Lipinski definition) is 1. The lowest BCUT2D eigenvalue weighted by molar-refractivity contribution is -0.385. The van der Waals surface area contributed by atoms with Crippen molar-refractivity contribution in [1.82, 2.24) is 0 Å². The van der Waals surface area contributed by atoms with Crippen molar-refractivity contribution >= 4 is 23.3 Å². The monoisotopic (exact) mass is 410 g/mol. The number of anilines is 1. The maximum atomic E-state index is 13.1. The molecule has 1 amide bonds. The van der Waals surface area contributed by atoms with Crippen molar-refractivity contribution < 1.29 is 32.4 Å². The van der Waals surface area contributed by atoms with Gasteiger partial charge in [0.1, 0.15) is 0 Å². The molecule has 0 aliphatic carbocycles. The highest BCUT2D eigenvalue weighted by molar-refractivity contribution is 5.93. The lowest BCUT2D eigenvalue weighted by atomic mass is 9.98. The second-order valence-corrected chi connectivity index (χ2v) is 6.21. The van der Waals surface area contributed by atoms with E-state index < -0.39 is 46.5 Å². The summed E-state index contributed by atoms with van der Waals surface area (Å²) in [6.07, 6.45) is -4.93. The Bertz CT molecular complexity index is 900. The fourth-order valence-corrected chi connectivity index (χ4v) is 2.53. The molecule has 0 radical (unpaired) electrons. The summed E-state index contributed by atoms with van der Waals surface area (Å²) in [7, 11) is 0. The van der Waals surface area contributed by atoms with Crippen LogP contribution < -0.4 is 5.32 Å². The summed E-state index contributed by atoms with van der Waals surface area (Å²) in [4.78, 5) is 33.5. The lowest BCUT2D eigenvalue weighted by Crippen LogP contribution is -2.23. The molecule has 0 saturated carbocycles. The molecule has 0 saturated heterocycles. The van der Waals surface area contributed by atoms with Gasteiger partial charge < -0.3 is 10.1 Å². The Balaban J connectivity index is 1.97. The number of alkyl halides is 3. The van der Waals surface area contributed by atoms with Gasteiger partial charge in [-0.1, -0.05) is 37.3 Å². The predicted molar refractivity (Wildman–Crippen MR) is 97.2 cm³/mol. The molecule has 0 spiro atoms. The number of nitro groups is 1. The second-order valence-electron chi connectivity index (χ2n) is 6.21. The van der Waals surface area contributed by atoms with Crippen LogP contribution in [0.15, 0.2) is 48.5 Å². The van der Waals surface area contributed by atoms with Gasteiger partial charge in [-0.05, 0) is 17.5 Å². The van der Waals surface area contributed by atoms with Crippen LogP contribution in [0.3, 0.4) is 0 Å². The largest absolute Gasteiger partial charge is 0.456 e. The molecule has 2 aromatic carbocycles. The summed E-state index contributed by atoms with van der Waals surface area (Å²) in [5.41, 5.74) is -1.91. The maximum absolute atomic E-state index is 13.1. The van der Waals surface area contributed by atoms with Crippen LogP contribution in [-0.4, -0.2) is 23.4 Å². The molecule has 0 aromatic heterocycles. The van der Waals surface area contributed by atoms with E-state index in [2.05, 4.69) is 0 Å². The minimum absolute atomic E-state index is 0.0113. The second kappa shape index (κ2) is 9.18. The van der Waals surface area contributed by atoms with Crippen LogP contribution in [0.25, 0.3) is 0 Å². The fourth-order valence-electron chi connectivity index (χ4n) is 2.53. The van der Waals surface area contributed by atoms with E-state index in [1.807, 2.05) is 35.6 Å². The molecule has 10 heteroatoms. The molecule has 0 bridgehead atoms. The highest BCUT2D eigenvalue weighted by atomic mass is 19.4. The van der Waals surface area contributed by atoms with Crippen molar-refractivity contribution in [3.63, 3.8) is 0 Å². The third-order valence-electron chi connectivity index (χ3n) is 4.00. The number of nitrogens with zero attached hydrogens (tertiary/aromatic N) is 1. The number of ether oxygens (including phenoxy) is 1. The number of esters is 1. The molecule has 154 valence electrons. The topological polar surface area (TPSA) is 98.5 Å². The van der Waals surface area contributed by atoms with E-state index in [1.165, 1.54) is 0 Å². The van der Waals surface area contributed by atoms with Crippen LogP contribution in [0.5, 0.6) is 0 Å². The molecular weight excluding hydrogens is 393 g/mol. The molecule has 29 heavy (non-hydrogen) atoms. The summed E-state index contributed by atoms with van der Waals surface area (Å²) in [6.45, 7) is 1.01. The van der Waals surface area contributed by atoms with Gasteiger partial charge in [0.25, 0.3) is 11.6 Å². The third-order valence-corrected chi connectivity index (χ3v) is 4.00. The van der Waals surface area contributed by atoms with Gasteiger partial charge in [0.15, 0.2) is 6.61 Å². The smallest absolute Gasteiger partial charge is 0.418 e. The summed E-state index contributed by atoms with van der Waals surface area (Å²) in [6, 6.07) is 11.0. The zero-order valence-electron chi connectivity index (χ0n) is 15.2. The lowest BCUT2D eigenvalue weighted by Gasteiger charge is -2.14. The molecule has 7 nitrogen and oxygen atoms in total. The summed E-state index contributed by atoms with van der Waals surface area (Å²) >= 11 is 0. The Morgan fingerprint density at radius 2 is 1.83 bits per heavy atom. The molecule has 0 aliphatic heterocycles. The van der Waals surface area contributed by atoms with Gasteiger partial charge in [-0.25, -0.2) is 0 Å². The van der Waals surface area contributed by atoms with E-state index >= 15 is 0 Å². The van der Waals surface area contributed by atoms with E-state index in [0.29, 0.717) is 6.07 Å². The van der Waals surface area contributed by atoms with Gasteiger partial charge in [-0.3, -0.25) is 19.7 Å². The molecule has 0 aliphatic rings. The SMILES string of the molecule is C[C@@H](CC(=O)OCC(=O)Nc1ccc([N+](=O)[O-])cc1C(F)(F)F)c1ccccc1. The van der Waals surface area contributed by atoms with Crippen molar-refractivity contribution in [2.24, 2.45) is 0 Å². The minimum Gasteiger partial charge on any atom is -0.456 e. The van der Waals surface area contributed by atoms with Crippen LogP contribution in [0.4, 0.5) is 24.5 Å². The quantitative estimate of drug-likeness (QED) is 0.417. The van der Waals surface area contributed by atoms with Crippen LogP contribution in [-0.2, 0) is 20.5 Å². The van der Waals surface area contributed by atoms with Gasteiger partial charge in [0.05, 0.1) is 22.6 Å². The van der Waals surface area contributed by atoms with Crippen LogP contribution in [0.2, 0.25) is 0 Å². The number of carbonyl (C=O) groups is 2. The molecular formula is C19H17F3N2O5.